The van der Waals surface area contributed by atoms with Gasteiger partial charge in [0.25, 0.3) is 0 Å². The van der Waals surface area contributed by atoms with Crippen molar-refractivity contribution in [1.82, 2.24) is 5.32 Å². The van der Waals surface area contributed by atoms with Crippen molar-refractivity contribution in [2.75, 3.05) is 0 Å². The number of nitrogens with one attached hydrogen (secondary N) is 1. The van der Waals surface area contributed by atoms with Crippen molar-refractivity contribution in [3.8, 4) is 6.07 Å². The van der Waals surface area contributed by atoms with E-state index in [2.05, 4.69) is 5.32 Å². The molecule has 0 aliphatic heterocycles. The largest absolute Gasteiger partial charge is 0.352 e. The molecule has 18 heavy (non-hydrogen) atoms. The number of amides is 1. The van der Waals surface area contributed by atoms with E-state index >= 15 is 0 Å². The number of carbonyl (C=O) groups is 1. The molecule has 1 aromatic rings. The first-order chi connectivity index (χ1) is 8.58. The monoisotopic (exact) mass is 248 g/mol. The number of hydrogen-bond acceptors (Lipinski definition) is 2. The fourth-order valence-corrected chi connectivity index (χ4v) is 1.68. The van der Waals surface area contributed by atoms with Crippen molar-refractivity contribution < 1.29 is 9.18 Å². The van der Waals surface area contributed by atoms with E-state index in [-0.39, 0.29) is 23.9 Å². The van der Waals surface area contributed by atoms with Crippen LogP contribution in [0.5, 0.6) is 0 Å². The Morgan fingerprint density at radius 1 is 1.56 bits per heavy atom. The van der Waals surface area contributed by atoms with Gasteiger partial charge in [-0.25, -0.2) is 4.39 Å². The van der Waals surface area contributed by atoms with Gasteiger partial charge in [-0.05, 0) is 18.6 Å². The van der Waals surface area contributed by atoms with Gasteiger partial charge in [0.05, 0.1) is 11.6 Å². The first-order valence-corrected chi connectivity index (χ1v) is 6.04. The first kappa shape index (κ1) is 14.2. The number of hydrogen-bond donors (Lipinski definition) is 1. The van der Waals surface area contributed by atoms with Gasteiger partial charge in [-0.1, -0.05) is 26.3 Å². The lowest BCUT2D eigenvalue weighted by Crippen LogP contribution is -2.28. The lowest BCUT2D eigenvalue weighted by Gasteiger charge is -2.11. The second kappa shape index (κ2) is 6.75. The van der Waals surface area contributed by atoms with Crippen LogP contribution in [0.2, 0.25) is 0 Å². The van der Waals surface area contributed by atoms with E-state index in [0.29, 0.717) is 5.56 Å². The number of benzene rings is 1. The minimum atomic E-state index is -0.461. The van der Waals surface area contributed by atoms with Gasteiger partial charge in [-0.3, -0.25) is 4.79 Å². The van der Waals surface area contributed by atoms with Crippen LogP contribution in [0.15, 0.2) is 18.2 Å². The molecular formula is C14H17FN2O. The average Bonchev–Trinajstić information content (AvgIpc) is 2.37. The Balaban J connectivity index is 2.59. The zero-order valence-electron chi connectivity index (χ0n) is 10.7. The second-order valence-electron chi connectivity index (χ2n) is 4.33. The Labute approximate surface area is 107 Å². The van der Waals surface area contributed by atoms with Gasteiger partial charge >= 0.3 is 0 Å². The summed E-state index contributed by atoms with van der Waals surface area (Å²) in [5.41, 5.74) is 0.674. The van der Waals surface area contributed by atoms with Crippen molar-refractivity contribution in [3.63, 3.8) is 0 Å². The highest BCUT2D eigenvalue weighted by Gasteiger charge is 2.12. The highest BCUT2D eigenvalue weighted by Crippen LogP contribution is 2.10. The number of rotatable bonds is 5. The summed E-state index contributed by atoms with van der Waals surface area (Å²) >= 11 is 0. The van der Waals surface area contributed by atoms with E-state index in [0.717, 1.165) is 12.8 Å². The normalized spacial score (nSPS) is 11.7. The summed E-state index contributed by atoms with van der Waals surface area (Å²) in [5, 5.41) is 11.3. The molecule has 0 spiro atoms. The van der Waals surface area contributed by atoms with E-state index in [1.165, 1.54) is 12.1 Å². The molecule has 0 saturated heterocycles. The molecule has 4 heteroatoms. The van der Waals surface area contributed by atoms with Gasteiger partial charge < -0.3 is 5.32 Å². The van der Waals surface area contributed by atoms with Crippen LogP contribution in [-0.2, 0) is 11.3 Å². The third kappa shape index (κ3) is 3.85. The van der Waals surface area contributed by atoms with Crippen LogP contribution >= 0.6 is 0 Å². The maximum atomic E-state index is 13.5. The SMILES string of the molecule is CCCC(C)C(=O)NCc1ccc(C#N)cc1F. The maximum absolute atomic E-state index is 13.5. The molecule has 1 N–H and O–H groups in total. The zero-order valence-corrected chi connectivity index (χ0v) is 10.7. The Morgan fingerprint density at radius 2 is 2.28 bits per heavy atom. The van der Waals surface area contributed by atoms with Crippen molar-refractivity contribution in [2.45, 2.75) is 33.2 Å². The fraction of sp³-hybridized carbons (Fsp3) is 0.429. The Kier molecular flexibility index (Phi) is 5.31. The highest BCUT2D eigenvalue weighted by atomic mass is 19.1. The van der Waals surface area contributed by atoms with Crippen molar-refractivity contribution in [2.24, 2.45) is 5.92 Å². The van der Waals surface area contributed by atoms with Crippen LogP contribution in [0.1, 0.15) is 37.8 Å². The van der Waals surface area contributed by atoms with E-state index in [1.807, 2.05) is 19.9 Å². The molecule has 96 valence electrons. The van der Waals surface area contributed by atoms with Crippen LogP contribution < -0.4 is 5.32 Å². The standard InChI is InChI=1S/C14H17FN2O/c1-3-4-10(2)14(18)17-9-12-6-5-11(8-16)7-13(12)15/h5-7,10H,3-4,9H2,1-2H3,(H,17,18). The Bertz CT molecular complexity index is 465. The van der Waals surface area contributed by atoms with Gasteiger partial charge in [0.15, 0.2) is 0 Å². The van der Waals surface area contributed by atoms with Gasteiger partial charge in [-0.15, -0.1) is 0 Å². The number of halogens is 1. The second-order valence-corrected chi connectivity index (χ2v) is 4.33. The Hall–Kier alpha value is -1.89. The quantitative estimate of drug-likeness (QED) is 0.871. The summed E-state index contributed by atoms with van der Waals surface area (Å²) in [7, 11) is 0. The van der Waals surface area contributed by atoms with E-state index in [4.69, 9.17) is 5.26 Å². The molecule has 0 saturated carbocycles. The molecule has 0 aromatic heterocycles. The van der Waals surface area contributed by atoms with E-state index < -0.39 is 5.82 Å². The Morgan fingerprint density at radius 3 is 2.83 bits per heavy atom. The van der Waals surface area contributed by atoms with Crippen molar-refractivity contribution in [3.05, 3.63) is 35.1 Å². The zero-order chi connectivity index (χ0) is 13.5. The molecule has 0 aliphatic carbocycles. The molecule has 1 aromatic carbocycles. The molecular weight excluding hydrogens is 231 g/mol. The summed E-state index contributed by atoms with van der Waals surface area (Å²) in [4.78, 5) is 11.7. The molecule has 0 bridgehead atoms. The lowest BCUT2D eigenvalue weighted by molar-refractivity contribution is -0.124. The topological polar surface area (TPSA) is 52.9 Å². The predicted octanol–water partition coefficient (Wildman–Crippen LogP) is 2.75. The molecule has 1 atom stereocenters. The van der Waals surface area contributed by atoms with Gasteiger partial charge in [0.2, 0.25) is 5.91 Å². The summed E-state index contributed by atoms with van der Waals surface area (Å²) in [6, 6.07) is 6.11. The minimum absolute atomic E-state index is 0.0588. The molecule has 0 fully saturated rings. The van der Waals surface area contributed by atoms with Crippen molar-refractivity contribution >= 4 is 5.91 Å². The minimum Gasteiger partial charge on any atom is -0.352 e. The number of nitriles is 1. The van der Waals surface area contributed by atoms with Crippen molar-refractivity contribution in [1.29, 1.82) is 5.26 Å². The van der Waals surface area contributed by atoms with Crippen LogP contribution in [0.3, 0.4) is 0 Å². The highest BCUT2D eigenvalue weighted by molar-refractivity contribution is 5.78. The molecule has 0 heterocycles. The molecule has 0 aliphatic rings. The first-order valence-electron chi connectivity index (χ1n) is 6.04. The van der Waals surface area contributed by atoms with Gasteiger partial charge in [0.1, 0.15) is 5.82 Å². The smallest absolute Gasteiger partial charge is 0.223 e. The van der Waals surface area contributed by atoms with Gasteiger partial charge in [-0.2, -0.15) is 5.26 Å². The van der Waals surface area contributed by atoms with E-state index in [9.17, 15) is 9.18 Å². The van der Waals surface area contributed by atoms with Crippen LogP contribution in [0.4, 0.5) is 4.39 Å². The van der Waals surface area contributed by atoms with Crippen LogP contribution in [0, 0.1) is 23.1 Å². The fourth-order valence-electron chi connectivity index (χ4n) is 1.68. The number of nitrogens with zero attached hydrogens (tertiary/aromatic N) is 1. The molecule has 1 amide bonds. The lowest BCUT2D eigenvalue weighted by atomic mass is 10.1. The molecule has 0 radical (unpaired) electrons. The number of carbonyl (C=O) groups excluding carboxylic acids is 1. The molecule has 1 unspecified atom stereocenters. The van der Waals surface area contributed by atoms with Crippen LogP contribution in [-0.4, -0.2) is 5.91 Å². The molecule has 3 nitrogen and oxygen atoms in total. The van der Waals surface area contributed by atoms with Gasteiger partial charge in [0, 0.05) is 18.0 Å². The summed E-state index contributed by atoms with van der Waals surface area (Å²) in [6.07, 6.45) is 1.77. The third-order valence-electron chi connectivity index (χ3n) is 2.80. The predicted molar refractivity (Wildman–Crippen MR) is 67.0 cm³/mol. The average molecular weight is 248 g/mol. The summed E-state index contributed by atoms with van der Waals surface area (Å²) in [5.74, 6) is -0.588. The summed E-state index contributed by atoms with van der Waals surface area (Å²) < 4.78 is 13.5. The molecule has 1 rings (SSSR count). The third-order valence-corrected chi connectivity index (χ3v) is 2.80. The summed E-state index contributed by atoms with van der Waals surface area (Å²) in [6.45, 7) is 4.03. The van der Waals surface area contributed by atoms with E-state index in [1.54, 1.807) is 6.07 Å². The van der Waals surface area contributed by atoms with Crippen LogP contribution in [0.25, 0.3) is 0 Å². The maximum Gasteiger partial charge on any atom is 0.223 e.